The highest BCUT2D eigenvalue weighted by atomic mass is 19.1. The topological polar surface area (TPSA) is 35.0 Å². The Bertz CT molecular complexity index is 1000. The zero-order valence-corrected chi connectivity index (χ0v) is 16.0. The van der Waals surface area contributed by atoms with Crippen LogP contribution in [0.4, 0.5) is 4.39 Å². The molecule has 4 heteroatoms. The molecular formula is C24H23FN2O. The second-order valence-corrected chi connectivity index (χ2v) is 6.61. The molecule has 142 valence electrons. The molecule has 3 aromatic rings. The van der Waals surface area contributed by atoms with Gasteiger partial charge in [0.05, 0.1) is 6.17 Å². The van der Waals surface area contributed by atoms with E-state index in [1.54, 1.807) is 25.4 Å². The second-order valence-electron chi connectivity index (χ2n) is 6.61. The molecular weight excluding hydrogens is 351 g/mol. The summed E-state index contributed by atoms with van der Waals surface area (Å²) in [6, 6.07) is 12.7. The number of rotatable bonds is 7. The summed E-state index contributed by atoms with van der Waals surface area (Å²) >= 11 is 0. The van der Waals surface area contributed by atoms with Crippen LogP contribution < -0.4 is 4.74 Å². The predicted octanol–water partition coefficient (Wildman–Crippen LogP) is 5.74. The van der Waals surface area contributed by atoms with Gasteiger partial charge in [-0.1, -0.05) is 42.7 Å². The van der Waals surface area contributed by atoms with Gasteiger partial charge in [0, 0.05) is 29.9 Å². The fraction of sp³-hybridized carbons (Fsp3) is 0.250. The van der Waals surface area contributed by atoms with Crippen molar-refractivity contribution in [2.24, 2.45) is 0 Å². The van der Waals surface area contributed by atoms with E-state index in [4.69, 9.17) is 4.74 Å². The maximum absolute atomic E-state index is 12.8. The molecule has 2 aromatic carbocycles. The van der Waals surface area contributed by atoms with Gasteiger partial charge in [-0.3, -0.25) is 0 Å². The van der Waals surface area contributed by atoms with Gasteiger partial charge in [0.2, 0.25) is 0 Å². The van der Waals surface area contributed by atoms with Gasteiger partial charge in [0.25, 0.3) is 0 Å². The van der Waals surface area contributed by atoms with Crippen LogP contribution in [0, 0.1) is 11.8 Å². The van der Waals surface area contributed by atoms with E-state index < -0.39 is 6.17 Å². The molecule has 3 rings (SSSR count). The Hall–Kier alpha value is -3.19. The lowest BCUT2D eigenvalue weighted by Gasteiger charge is -2.05. The van der Waals surface area contributed by atoms with E-state index in [0.29, 0.717) is 19.0 Å². The van der Waals surface area contributed by atoms with Crippen LogP contribution in [0.15, 0.2) is 61.4 Å². The van der Waals surface area contributed by atoms with Gasteiger partial charge in [0.1, 0.15) is 6.61 Å². The molecule has 0 aliphatic carbocycles. The summed E-state index contributed by atoms with van der Waals surface area (Å²) in [6.45, 7) is 5.57. The molecule has 0 bridgehead atoms. The van der Waals surface area contributed by atoms with Crippen LogP contribution in [0.1, 0.15) is 31.7 Å². The second kappa shape index (κ2) is 9.66. The number of nitrogens with zero attached hydrogens (tertiary/aromatic N) is 2. The van der Waals surface area contributed by atoms with Crippen molar-refractivity contribution in [2.75, 3.05) is 6.61 Å². The summed E-state index contributed by atoms with van der Waals surface area (Å²) < 4.78 is 18.1. The lowest BCUT2D eigenvalue weighted by Crippen LogP contribution is -1.97. The van der Waals surface area contributed by atoms with Crippen LogP contribution in [-0.2, 0) is 0 Å². The minimum atomic E-state index is -0.752. The molecule has 0 aliphatic heterocycles. The van der Waals surface area contributed by atoms with E-state index in [2.05, 4.69) is 52.7 Å². The van der Waals surface area contributed by atoms with E-state index in [1.165, 1.54) is 0 Å². The Morgan fingerprint density at radius 1 is 1.11 bits per heavy atom. The zero-order valence-electron chi connectivity index (χ0n) is 16.0. The molecule has 0 radical (unpaired) electrons. The summed E-state index contributed by atoms with van der Waals surface area (Å²) in [5.74, 6) is 6.29. The van der Waals surface area contributed by atoms with Crippen molar-refractivity contribution >= 4 is 10.8 Å². The lowest BCUT2D eigenvalue weighted by atomic mass is 10.0. The molecule has 1 aromatic heterocycles. The fourth-order valence-electron chi connectivity index (χ4n) is 2.81. The monoisotopic (exact) mass is 374 g/mol. The summed E-state index contributed by atoms with van der Waals surface area (Å²) in [6.07, 6.45) is 6.50. The normalized spacial score (nSPS) is 11.5. The first kappa shape index (κ1) is 19.6. The third kappa shape index (κ3) is 5.40. The van der Waals surface area contributed by atoms with Crippen molar-refractivity contribution in [3.05, 3.63) is 67.0 Å². The number of benzene rings is 2. The van der Waals surface area contributed by atoms with E-state index in [-0.39, 0.29) is 0 Å². The minimum absolute atomic E-state index is 0.341. The number of hydrogen-bond donors (Lipinski definition) is 0. The largest absolute Gasteiger partial charge is 0.459 e. The molecule has 0 saturated carbocycles. The van der Waals surface area contributed by atoms with Crippen molar-refractivity contribution < 1.29 is 9.13 Å². The quantitative estimate of drug-likeness (QED) is 0.300. The lowest BCUT2D eigenvalue weighted by molar-refractivity contribution is 0.333. The first-order valence-corrected chi connectivity index (χ1v) is 9.38. The Kier molecular flexibility index (Phi) is 6.75. The van der Waals surface area contributed by atoms with Gasteiger partial charge in [-0.15, -0.1) is 0 Å². The van der Waals surface area contributed by atoms with Crippen LogP contribution >= 0.6 is 0 Å². The average molecular weight is 374 g/mol. The molecule has 0 fully saturated rings. The molecule has 28 heavy (non-hydrogen) atoms. The van der Waals surface area contributed by atoms with Crippen molar-refractivity contribution in [3.63, 3.8) is 0 Å². The van der Waals surface area contributed by atoms with E-state index in [0.717, 1.165) is 40.3 Å². The first-order chi connectivity index (χ1) is 13.7. The average Bonchev–Trinajstić information content (AvgIpc) is 2.71. The Morgan fingerprint density at radius 3 is 2.61 bits per heavy atom. The molecule has 1 atom stereocenters. The summed E-state index contributed by atoms with van der Waals surface area (Å²) in [5.41, 5.74) is 2.95. The Balaban J connectivity index is 1.72. The number of aromatic nitrogens is 2. The summed E-state index contributed by atoms with van der Waals surface area (Å²) in [7, 11) is 0. The highest BCUT2D eigenvalue weighted by Crippen LogP contribution is 2.25. The number of alkyl halides is 1. The molecule has 0 aliphatic rings. The number of fused-ring (bicyclic) bond motifs is 1. The summed E-state index contributed by atoms with van der Waals surface area (Å²) in [4.78, 5) is 8.45. The predicted molar refractivity (Wildman–Crippen MR) is 112 cm³/mol. The Morgan fingerprint density at radius 2 is 1.86 bits per heavy atom. The van der Waals surface area contributed by atoms with Crippen molar-refractivity contribution in [3.8, 4) is 29.0 Å². The number of halogens is 1. The van der Waals surface area contributed by atoms with Crippen LogP contribution in [0.5, 0.6) is 6.01 Å². The smallest absolute Gasteiger partial charge is 0.316 e. The van der Waals surface area contributed by atoms with Crippen LogP contribution in [0.3, 0.4) is 0 Å². The van der Waals surface area contributed by atoms with Crippen molar-refractivity contribution in [1.29, 1.82) is 0 Å². The van der Waals surface area contributed by atoms with Gasteiger partial charge < -0.3 is 4.74 Å². The van der Waals surface area contributed by atoms with Crippen LogP contribution in [0.25, 0.3) is 21.9 Å². The van der Waals surface area contributed by atoms with Gasteiger partial charge in [-0.2, -0.15) is 0 Å². The highest BCUT2D eigenvalue weighted by Gasteiger charge is 2.03. The maximum atomic E-state index is 12.8. The standard InChI is InChI=1S/C24H23FN2O/c1-3-13-28-24-26-16-23(17-27-24)22-12-11-20-14-19(9-10-21(20)15-22)8-6-4-5-7-18(2)25/h3,9-12,14-18H,1,4-5,7,13H2,2H3. The number of ether oxygens (including phenoxy) is 1. The molecule has 0 saturated heterocycles. The van der Waals surface area contributed by atoms with E-state index >= 15 is 0 Å². The van der Waals surface area contributed by atoms with Crippen molar-refractivity contribution in [1.82, 2.24) is 9.97 Å². The third-order valence-electron chi connectivity index (χ3n) is 4.27. The highest BCUT2D eigenvalue weighted by molar-refractivity contribution is 5.88. The van der Waals surface area contributed by atoms with Gasteiger partial charge in [-0.25, -0.2) is 14.4 Å². The summed E-state index contributed by atoms with van der Waals surface area (Å²) in [5, 5.41) is 2.25. The first-order valence-electron chi connectivity index (χ1n) is 9.38. The SMILES string of the molecule is C=CCOc1ncc(-c2ccc3cc(C#CCCCC(C)F)ccc3c2)cn1. The Labute approximate surface area is 165 Å². The maximum Gasteiger partial charge on any atom is 0.316 e. The minimum Gasteiger partial charge on any atom is -0.459 e. The molecule has 0 N–H and O–H groups in total. The number of unbranched alkanes of at least 4 members (excludes halogenated alkanes) is 1. The molecule has 1 heterocycles. The molecule has 0 amide bonds. The van der Waals surface area contributed by atoms with Crippen LogP contribution in [-0.4, -0.2) is 22.7 Å². The number of hydrogen-bond acceptors (Lipinski definition) is 3. The van der Waals surface area contributed by atoms with E-state index in [9.17, 15) is 4.39 Å². The van der Waals surface area contributed by atoms with Crippen molar-refractivity contribution in [2.45, 2.75) is 32.4 Å². The zero-order chi connectivity index (χ0) is 19.8. The van der Waals surface area contributed by atoms with Gasteiger partial charge in [0.15, 0.2) is 0 Å². The van der Waals surface area contributed by atoms with Gasteiger partial charge >= 0.3 is 6.01 Å². The third-order valence-corrected chi connectivity index (χ3v) is 4.27. The molecule has 3 nitrogen and oxygen atoms in total. The van der Waals surface area contributed by atoms with E-state index in [1.807, 2.05) is 12.1 Å². The molecule has 1 unspecified atom stereocenters. The van der Waals surface area contributed by atoms with Gasteiger partial charge in [-0.05, 0) is 54.3 Å². The fourth-order valence-corrected chi connectivity index (χ4v) is 2.81. The van der Waals surface area contributed by atoms with Crippen LogP contribution in [0.2, 0.25) is 0 Å². The molecule has 0 spiro atoms.